The highest BCUT2D eigenvalue weighted by molar-refractivity contribution is 7.27. The first-order valence-electron chi connectivity index (χ1n) is 17.6. The van der Waals surface area contributed by atoms with E-state index in [9.17, 15) is 0 Å². The van der Waals surface area contributed by atoms with Gasteiger partial charge in [-0.25, -0.2) is 0 Å². The average Bonchev–Trinajstić information content (AvgIpc) is 3.59. The molecule has 0 radical (unpaired) electrons. The van der Waals surface area contributed by atoms with Gasteiger partial charge in [-0.1, -0.05) is 164 Å². The van der Waals surface area contributed by atoms with E-state index in [0.717, 1.165) is 0 Å². The van der Waals surface area contributed by atoms with Crippen molar-refractivity contribution in [1.82, 2.24) is 0 Å². The van der Waals surface area contributed by atoms with Crippen molar-refractivity contribution in [3.05, 3.63) is 182 Å². The molecule has 0 fully saturated rings. The summed E-state index contributed by atoms with van der Waals surface area (Å²) in [5, 5.41) is 15.6. The fourth-order valence-electron chi connectivity index (χ4n) is 8.52. The largest absolute Gasteiger partial charge is 0.134 e. The molecule has 11 aromatic rings. The van der Waals surface area contributed by atoms with Gasteiger partial charge in [-0.05, 0) is 100 Å². The molecule has 0 atom stereocenters. The number of rotatable bonds is 3. The van der Waals surface area contributed by atoms with Crippen molar-refractivity contribution < 1.29 is 0 Å². The zero-order valence-corrected chi connectivity index (χ0v) is 28.5. The Morgan fingerprint density at radius 2 is 0.804 bits per heavy atom. The van der Waals surface area contributed by atoms with Crippen molar-refractivity contribution in [2.75, 3.05) is 0 Å². The third-order valence-corrected chi connectivity index (χ3v) is 12.0. The molecule has 0 bridgehead atoms. The Balaban J connectivity index is 1.19. The van der Waals surface area contributed by atoms with Gasteiger partial charge in [-0.15, -0.1) is 11.3 Å². The van der Waals surface area contributed by atoms with Crippen LogP contribution in [0.15, 0.2) is 182 Å². The third-order valence-electron chi connectivity index (χ3n) is 10.8. The van der Waals surface area contributed by atoms with Crippen LogP contribution in [0.2, 0.25) is 0 Å². The summed E-state index contributed by atoms with van der Waals surface area (Å²) in [5.74, 6) is 0. The molecule has 0 N–H and O–H groups in total. The summed E-state index contributed by atoms with van der Waals surface area (Å²) < 4.78 is 2.69. The highest BCUT2D eigenvalue weighted by atomic mass is 32.1. The zero-order chi connectivity index (χ0) is 33.5. The van der Waals surface area contributed by atoms with Crippen molar-refractivity contribution in [3.63, 3.8) is 0 Å². The maximum Gasteiger partial charge on any atom is 0.0440 e. The standard InChI is InChI=1S/C50H30S/c1-2-12-31(13-3-1)34-24-27-44-46(30-34)51-50-43-26-25-36(29-45(43)37-16-6-7-17-38(37)49(44)50)48-41-20-10-8-18-39(41)47(40-19-9-11-21-42(40)48)35-23-22-32-14-4-5-15-33(32)28-35/h1-30H. The van der Waals surface area contributed by atoms with E-state index in [1.165, 1.54) is 107 Å². The van der Waals surface area contributed by atoms with Gasteiger partial charge >= 0.3 is 0 Å². The van der Waals surface area contributed by atoms with Crippen molar-refractivity contribution in [3.8, 4) is 33.4 Å². The fourth-order valence-corrected chi connectivity index (χ4v) is 9.81. The second-order valence-corrected chi connectivity index (χ2v) is 14.6. The molecule has 0 aliphatic heterocycles. The number of hydrogen-bond acceptors (Lipinski definition) is 1. The average molecular weight is 663 g/mol. The highest BCUT2D eigenvalue weighted by Crippen LogP contribution is 2.48. The summed E-state index contributed by atoms with van der Waals surface area (Å²) in [6.07, 6.45) is 0. The molecule has 1 aromatic heterocycles. The maximum absolute atomic E-state index is 2.46. The number of hydrogen-bond donors (Lipinski definition) is 0. The second kappa shape index (κ2) is 11.1. The molecule has 0 aliphatic rings. The summed E-state index contributed by atoms with van der Waals surface area (Å²) in [6.45, 7) is 0. The molecule has 0 aliphatic carbocycles. The minimum atomic E-state index is 1.25. The Kier molecular flexibility index (Phi) is 6.22. The van der Waals surface area contributed by atoms with Gasteiger partial charge in [0.05, 0.1) is 0 Å². The van der Waals surface area contributed by atoms with Crippen LogP contribution in [0, 0.1) is 0 Å². The van der Waals surface area contributed by atoms with Gasteiger partial charge in [0.1, 0.15) is 0 Å². The Bertz CT molecular complexity index is 3130. The zero-order valence-electron chi connectivity index (χ0n) is 27.7. The van der Waals surface area contributed by atoms with Gasteiger partial charge in [0.2, 0.25) is 0 Å². The molecule has 1 heteroatoms. The smallest absolute Gasteiger partial charge is 0.0440 e. The molecule has 1 heterocycles. The quantitative estimate of drug-likeness (QED) is 0.130. The minimum Gasteiger partial charge on any atom is -0.134 e. The lowest BCUT2D eigenvalue weighted by Crippen LogP contribution is -1.91. The molecule has 0 amide bonds. The van der Waals surface area contributed by atoms with Crippen LogP contribution in [0.25, 0.3) is 107 Å². The van der Waals surface area contributed by atoms with Crippen LogP contribution in [0.5, 0.6) is 0 Å². The predicted octanol–water partition coefficient (Wildman–Crippen LogP) is 14.8. The van der Waals surface area contributed by atoms with Crippen LogP contribution >= 0.6 is 11.3 Å². The second-order valence-electron chi connectivity index (χ2n) is 13.6. The molecular formula is C50H30S. The van der Waals surface area contributed by atoms with E-state index in [0.29, 0.717) is 0 Å². The van der Waals surface area contributed by atoms with Gasteiger partial charge in [0, 0.05) is 25.6 Å². The normalized spacial score (nSPS) is 11.9. The molecule has 0 spiro atoms. The van der Waals surface area contributed by atoms with Gasteiger partial charge in [0.25, 0.3) is 0 Å². The molecule has 0 saturated heterocycles. The first-order valence-corrected chi connectivity index (χ1v) is 18.4. The van der Waals surface area contributed by atoms with Gasteiger partial charge in [-0.2, -0.15) is 0 Å². The van der Waals surface area contributed by atoms with Gasteiger partial charge in [0.15, 0.2) is 0 Å². The Labute approximate surface area is 299 Å². The molecule has 51 heavy (non-hydrogen) atoms. The van der Waals surface area contributed by atoms with Gasteiger partial charge in [-0.3, -0.25) is 0 Å². The first-order chi connectivity index (χ1) is 25.3. The SMILES string of the molecule is c1ccc(-c2ccc3c(c2)sc2c4ccc(-c5c6ccccc6c(-c6ccc7ccccc7c6)c6ccccc56)cc4c4ccccc4c32)cc1. The van der Waals surface area contributed by atoms with E-state index in [1.54, 1.807) is 0 Å². The van der Waals surface area contributed by atoms with Crippen LogP contribution in [0.1, 0.15) is 0 Å². The summed E-state index contributed by atoms with van der Waals surface area (Å²) in [4.78, 5) is 0. The maximum atomic E-state index is 2.46. The third kappa shape index (κ3) is 4.32. The van der Waals surface area contributed by atoms with Crippen molar-refractivity contribution in [2.45, 2.75) is 0 Å². The monoisotopic (exact) mass is 662 g/mol. The summed E-state index contributed by atoms with van der Waals surface area (Å²) >= 11 is 1.92. The Morgan fingerprint density at radius 3 is 1.51 bits per heavy atom. The summed E-state index contributed by atoms with van der Waals surface area (Å²) in [7, 11) is 0. The van der Waals surface area contributed by atoms with Crippen LogP contribution < -0.4 is 0 Å². The van der Waals surface area contributed by atoms with E-state index < -0.39 is 0 Å². The number of thiophene rings is 1. The molecule has 0 unspecified atom stereocenters. The molecular weight excluding hydrogens is 633 g/mol. The van der Waals surface area contributed by atoms with Crippen LogP contribution in [-0.2, 0) is 0 Å². The molecule has 0 saturated carbocycles. The molecule has 236 valence electrons. The van der Waals surface area contributed by atoms with Crippen molar-refractivity contribution in [2.24, 2.45) is 0 Å². The van der Waals surface area contributed by atoms with Crippen molar-refractivity contribution in [1.29, 1.82) is 0 Å². The molecule has 0 nitrogen and oxygen atoms in total. The predicted molar refractivity (Wildman–Crippen MR) is 223 cm³/mol. The number of benzene rings is 10. The van der Waals surface area contributed by atoms with Crippen molar-refractivity contribution >= 4 is 85.4 Å². The van der Waals surface area contributed by atoms with Crippen LogP contribution in [-0.4, -0.2) is 0 Å². The minimum absolute atomic E-state index is 1.25. The first kappa shape index (κ1) is 28.5. The Hall–Kier alpha value is -6.28. The van der Waals surface area contributed by atoms with Gasteiger partial charge < -0.3 is 0 Å². The van der Waals surface area contributed by atoms with Crippen LogP contribution in [0.3, 0.4) is 0 Å². The van der Waals surface area contributed by atoms with E-state index in [4.69, 9.17) is 0 Å². The topological polar surface area (TPSA) is 0 Å². The summed E-state index contributed by atoms with van der Waals surface area (Å²) in [5.41, 5.74) is 7.60. The Morgan fingerprint density at radius 1 is 0.275 bits per heavy atom. The van der Waals surface area contributed by atoms with E-state index in [1.807, 2.05) is 11.3 Å². The fraction of sp³-hybridized carbons (Fsp3) is 0. The highest BCUT2D eigenvalue weighted by Gasteiger charge is 2.19. The summed E-state index contributed by atoms with van der Waals surface area (Å²) in [6, 6.07) is 67.4. The van der Waals surface area contributed by atoms with E-state index in [-0.39, 0.29) is 0 Å². The molecule has 11 rings (SSSR count). The lowest BCUT2D eigenvalue weighted by molar-refractivity contribution is 1.66. The van der Waals surface area contributed by atoms with Crippen LogP contribution in [0.4, 0.5) is 0 Å². The van der Waals surface area contributed by atoms with E-state index >= 15 is 0 Å². The number of fused-ring (bicyclic) bond motifs is 11. The molecule has 10 aromatic carbocycles. The lowest BCUT2D eigenvalue weighted by atomic mass is 9.85. The van der Waals surface area contributed by atoms with E-state index in [2.05, 4.69) is 182 Å². The lowest BCUT2D eigenvalue weighted by Gasteiger charge is -2.18.